The number of hydrogen-bond acceptors (Lipinski definition) is 5. The van der Waals surface area contributed by atoms with Crippen molar-refractivity contribution in [3.63, 3.8) is 0 Å². The molecule has 0 aliphatic rings. The van der Waals surface area contributed by atoms with Gasteiger partial charge in [0.2, 0.25) is 5.24 Å². The predicted octanol–water partition coefficient (Wildman–Crippen LogP) is 9.79. The van der Waals surface area contributed by atoms with Gasteiger partial charge in [-0.05, 0) is 57.3 Å². The molecule has 5 nitrogen and oxygen atoms in total. The van der Waals surface area contributed by atoms with E-state index in [0.29, 0.717) is 24.0 Å². The summed E-state index contributed by atoms with van der Waals surface area (Å²) < 4.78 is 5.43. The first-order valence-electron chi connectivity index (χ1n) is 14.1. The predicted molar refractivity (Wildman–Crippen MR) is 192 cm³/mol. The van der Waals surface area contributed by atoms with Crippen molar-refractivity contribution in [3.8, 4) is 0 Å². The molecular formula is C38H47BrClO5Y3-3. The topological polar surface area (TPSA) is 80.7 Å². The van der Waals surface area contributed by atoms with Crippen molar-refractivity contribution in [2.45, 2.75) is 58.7 Å². The molecule has 3 aromatic rings. The SMILES string of the molecule is C=C(C)C(=O)Cl.C=C(C)C(=O)OC(C)(C[CH2-])c1ccccc1.CC(=O)c1ccccc1.[CH2-]CBr.[CH2-]CC(C)(O)c1ccccc1.[Y].[Y].[Y]. The quantitative estimate of drug-likeness (QED) is 0.0608. The number of esters is 1. The van der Waals surface area contributed by atoms with Gasteiger partial charge in [-0.25, -0.2) is 4.79 Å². The zero-order valence-electron chi connectivity index (χ0n) is 28.9. The van der Waals surface area contributed by atoms with Crippen molar-refractivity contribution in [1.82, 2.24) is 0 Å². The summed E-state index contributed by atoms with van der Waals surface area (Å²) in [6, 6.07) is 28.4. The van der Waals surface area contributed by atoms with Crippen molar-refractivity contribution in [2.75, 3.05) is 5.33 Å². The Morgan fingerprint density at radius 3 is 1.31 bits per heavy atom. The van der Waals surface area contributed by atoms with Gasteiger partial charge in [-0.1, -0.05) is 104 Å². The Balaban J connectivity index is -0.000000171. The standard InChI is InChI=1S/C14H17O2.C10H13O.C8H8O.C4H5ClO.C2H4Br.3Y/c1-5-14(4,16-13(15)11(2)3)12-9-7-6-8-10-12;1-3-10(2,11)9-7-5-4-6-8-9;1-7(9)8-5-3-2-4-6-8;1-3(2)4(5)6;1-2-3;;;/h6-10H,1-2,5H2,3-4H3;4-8,11H,1,3H2,2H3;2-6H,1H3;1H2,2H3;1-2H2;;;/q2*-1;;;-1;;;. The molecule has 0 aromatic heterocycles. The maximum Gasteiger partial charge on any atom is 0.333 e. The number of halogens is 2. The fraction of sp³-hybridized carbons (Fsp3) is 0.263. The van der Waals surface area contributed by atoms with Crippen LogP contribution in [-0.2, 0) is 124 Å². The molecule has 3 aromatic carbocycles. The minimum absolute atomic E-state index is 0. The number of hydrogen-bond donors (Lipinski definition) is 1. The molecule has 0 heterocycles. The van der Waals surface area contributed by atoms with Crippen LogP contribution in [0.15, 0.2) is 115 Å². The zero-order valence-corrected chi connectivity index (χ0v) is 39.7. The summed E-state index contributed by atoms with van der Waals surface area (Å²) in [7, 11) is 0. The number of carbonyl (C=O) groups excluding carboxylic acids is 3. The molecule has 2 unspecified atom stereocenters. The average molecular weight is 966 g/mol. The maximum atomic E-state index is 11.5. The first-order valence-corrected chi connectivity index (χ1v) is 15.6. The Bertz CT molecular complexity index is 1300. The van der Waals surface area contributed by atoms with Crippen LogP contribution in [0.5, 0.6) is 0 Å². The molecule has 0 bridgehead atoms. The van der Waals surface area contributed by atoms with E-state index < -0.39 is 16.4 Å². The van der Waals surface area contributed by atoms with Gasteiger partial charge in [0.25, 0.3) is 0 Å². The van der Waals surface area contributed by atoms with Gasteiger partial charge >= 0.3 is 5.97 Å². The Hall–Kier alpha value is -0.00831. The van der Waals surface area contributed by atoms with E-state index >= 15 is 0 Å². The van der Waals surface area contributed by atoms with Crippen molar-refractivity contribution in [3.05, 3.63) is 153 Å². The van der Waals surface area contributed by atoms with Gasteiger partial charge in [0.05, 0.1) is 5.60 Å². The minimum Gasteiger partial charge on any atom is -0.454 e. The Kier molecular flexibility index (Phi) is 39.3. The van der Waals surface area contributed by atoms with Gasteiger partial charge in [0.15, 0.2) is 5.78 Å². The molecule has 0 saturated heterocycles. The van der Waals surface area contributed by atoms with Crippen molar-refractivity contribution in [1.29, 1.82) is 0 Å². The first kappa shape index (κ1) is 57.3. The molecular weight excluding hydrogens is 918 g/mol. The normalized spacial score (nSPS) is 11.3. The third-order valence-electron chi connectivity index (χ3n) is 5.93. The fourth-order valence-corrected chi connectivity index (χ4v) is 2.95. The Morgan fingerprint density at radius 1 is 0.729 bits per heavy atom. The van der Waals surface area contributed by atoms with Gasteiger partial charge in [-0.2, -0.15) is 0 Å². The van der Waals surface area contributed by atoms with E-state index in [1.807, 2.05) is 97.9 Å². The smallest absolute Gasteiger partial charge is 0.333 e. The average Bonchev–Trinajstić information content (AvgIpc) is 3.03. The van der Waals surface area contributed by atoms with Gasteiger partial charge in [-0.15, -0.1) is 34.1 Å². The van der Waals surface area contributed by atoms with Crippen molar-refractivity contribution >= 4 is 44.5 Å². The van der Waals surface area contributed by atoms with E-state index in [4.69, 9.17) is 16.3 Å². The van der Waals surface area contributed by atoms with E-state index in [9.17, 15) is 19.5 Å². The third-order valence-corrected chi connectivity index (χ3v) is 6.25. The molecule has 0 aliphatic carbocycles. The largest absolute Gasteiger partial charge is 0.454 e. The first-order chi connectivity index (χ1) is 21.0. The molecule has 2 atom stereocenters. The van der Waals surface area contributed by atoms with Gasteiger partial charge in [0, 0.05) is 115 Å². The fourth-order valence-electron chi connectivity index (χ4n) is 2.95. The van der Waals surface area contributed by atoms with Crippen LogP contribution in [0.3, 0.4) is 0 Å². The molecule has 0 amide bonds. The number of allylic oxidation sites excluding steroid dienone is 1. The second-order valence-electron chi connectivity index (χ2n) is 10.1. The van der Waals surface area contributed by atoms with Gasteiger partial charge in [0.1, 0.15) is 5.60 Å². The second-order valence-corrected chi connectivity index (χ2v) is 11.2. The van der Waals surface area contributed by atoms with E-state index in [1.54, 1.807) is 27.7 Å². The minimum atomic E-state index is -0.777. The number of benzene rings is 3. The van der Waals surface area contributed by atoms with Crippen LogP contribution in [0.2, 0.25) is 0 Å². The molecule has 3 radical (unpaired) electrons. The number of Topliss-reactive ketones (excluding diaryl/α,β-unsaturated/α-hetero) is 1. The number of ketones is 1. The van der Waals surface area contributed by atoms with Crippen LogP contribution in [0.25, 0.3) is 0 Å². The number of alkyl halides is 1. The van der Waals surface area contributed by atoms with E-state index in [0.717, 1.165) is 22.0 Å². The zero-order chi connectivity index (χ0) is 35.1. The molecule has 0 aliphatic heterocycles. The van der Waals surface area contributed by atoms with Crippen LogP contribution in [0, 0.1) is 20.8 Å². The molecule has 3 rings (SSSR count). The van der Waals surface area contributed by atoms with Crippen LogP contribution in [0.4, 0.5) is 0 Å². The molecule has 0 fully saturated rings. The van der Waals surface area contributed by atoms with Crippen molar-refractivity contribution in [2.24, 2.45) is 0 Å². The summed E-state index contributed by atoms with van der Waals surface area (Å²) in [6.07, 6.45) is 0.979. The Labute approximate surface area is 378 Å². The van der Waals surface area contributed by atoms with E-state index in [1.165, 1.54) is 0 Å². The Morgan fingerprint density at radius 2 is 1.06 bits per heavy atom. The number of carbonyl (C=O) groups is 3. The molecule has 10 heteroatoms. The molecule has 48 heavy (non-hydrogen) atoms. The number of aliphatic hydroxyl groups is 1. The second kappa shape index (κ2) is 32.9. The van der Waals surface area contributed by atoms with Crippen LogP contribution in [0.1, 0.15) is 68.9 Å². The summed E-state index contributed by atoms with van der Waals surface area (Å²) in [4.78, 5) is 32.0. The summed E-state index contributed by atoms with van der Waals surface area (Å²) in [5, 5.41) is 10.1. The summed E-state index contributed by atoms with van der Waals surface area (Å²) in [5.41, 5.74) is 1.97. The summed E-state index contributed by atoms with van der Waals surface area (Å²) in [6.45, 7) is 26.2. The number of rotatable bonds is 8. The van der Waals surface area contributed by atoms with E-state index in [-0.39, 0.29) is 110 Å². The van der Waals surface area contributed by atoms with E-state index in [2.05, 4.69) is 49.9 Å². The monoisotopic (exact) mass is 964 g/mol. The van der Waals surface area contributed by atoms with Crippen LogP contribution >= 0.6 is 27.5 Å². The molecule has 255 valence electrons. The molecule has 0 saturated carbocycles. The van der Waals surface area contributed by atoms with Gasteiger partial charge < -0.3 is 30.6 Å². The summed E-state index contributed by atoms with van der Waals surface area (Å²) in [5.74, 6) is -0.259. The molecule has 0 spiro atoms. The maximum absolute atomic E-state index is 11.5. The summed E-state index contributed by atoms with van der Waals surface area (Å²) >= 11 is 7.91. The third kappa shape index (κ3) is 26.8. The van der Waals surface area contributed by atoms with Gasteiger partial charge in [-0.3, -0.25) is 9.59 Å². The van der Waals surface area contributed by atoms with Crippen LogP contribution in [-0.4, -0.2) is 27.4 Å². The molecule has 1 N–H and O–H groups in total. The van der Waals surface area contributed by atoms with Crippen LogP contribution < -0.4 is 0 Å². The number of ether oxygens (including phenoxy) is 1. The van der Waals surface area contributed by atoms with Crippen molar-refractivity contribution < 1.29 is 122 Å².